The molecule has 1 atom stereocenters. The lowest BCUT2D eigenvalue weighted by atomic mass is 10.1. The topological polar surface area (TPSA) is 78.4 Å². The Hall–Kier alpha value is -1.40. The standard InChI is InChI=1S/C12H14Cl2N2O4/c1-12(2,3)20-10(18)8(9(17)19-4)6-5-7(13)16-11(14)15-6/h5,8H,1-4H3. The molecule has 0 fully saturated rings. The van der Waals surface area contributed by atoms with E-state index < -0.39 is 23.5 Å². The summed E-state index contributed by atoms with van der Waals surface area (Å²) in [4.78, 5) is 31.4. The van der Waals surface area contributed by atoms with E-state index in [2.05, 4.69) is 14.7 Å². The molecule has 110 valence electrons. The number of methoxy groups -OCH3 is 1. The Morgan fingerprint density at radius 2 is 1.80 bits per heavy atom. The minimum Gasteiger partial charge on any atom is -0.468 e. The molecule has 1 aromatic rings. The minimum absolute atomic E-state index is 0.0115. The molecule has 8 heteroatoms. The maximum atomic E-state index is 12.1. The lowest BCUT2D eigenvalue weighted by Gasteiger charge is -2.22. The van der Waals surface area contributed by atoms with Crippen LogP contribution in [-0.4, -0.2) is 34.6 Å². The van der Waals surface area contributed by atoms with Crippen LogP contribution in [0.15, 0.2) is 6.07 Å². The molecule has 0 aromatic carbocycles. The van der Waals surface area contributed by atoms with Crippen molar-refractivity contribution < 1.29 is 19.1 Å². The van der Waals surface area contributed by atoms with Crippen LogP contribution in [0.1, 0.15) is 32.4 Å². The summed E-state index contributed by atoms with van der Waals surface area (Å²) >= 11 is 11.4. The van der Waals surface area contributed by atoms with Crippen molar-refractivity contribution in [3.8, 4) is 0 Å². The molecule has 0 aliphatic heterocycles. The number of ether oxygens (including phenoxy) is 2. The van der Waals surface area contributed by atoms with E-state index in [1.165, 1.54) is 6.07 Å². The molecule has 1 unspecified atom stereocenters. The van der Waals surface area contributed by atoms with Crippen molar-refractivity contribution in [2.45, 2.75) is 32.3 Å². The van der Waals surface area contributed by atoms with Crippen molar-refractivity contribution in [2.24, 2.45) is 0 Å². The van der Waals surface area contributed by atoms with Crippen molar-refractivity contribution in [3.63, 3.8) is 0 Å². The molecule has 0 saturated heterocycles. The number of esters is 2. The first-order valence-electron chi connectivity index (χ1n) is 5.64. The third-order valence-corrected chi connectivity index (χ3v) is 2.43. The zero-order valence-corrected chi connectivity index (χ0v) is 12.9. The lowest BCUT2D eigenvalue weighted by Crippen LogP contribution is -2.32. The summed E-state index contributed by atoms with van der Waals surface area (Å²) in [6.07, 6.45) is 0. The minimum atomic E-state index is -1.36. The molecule has 0 bridgehead atoms. The summed E-state index contributed by atoms with van der Waals surface area (Å²) in [6.45, 7) is 5.04. The van der Waals surface area contributed by atoms with Crippen LogP contribution in [0.2, 0.25) is 10.4 Å². The van der Waals surface area contributed by atoms with E-state index in [1.54, 1.807) is 20.8 Å². The molecule has 0 spiro atoms. The first-order valence-corrected chi connectivity index (χ1v) is 6.40. The number of aromatic nitrogens is 2. The highest BCUT2D eigenvalue weighted by atomic mass is 35.5. The summed E-state index contributed by atoms with van der Waals surface area (Å²) in [5, 5.41) is -0.164. The highest BCUT2D eigenvalue weighted by Crippen LogP contribution is 2.23. The van der Waals surface area contributed by atoms with Gasteiger partial charge in [-0.3, -0.25) is 9.59 Å². The van der Waals surface area contributed by atoms with Gasteiger partial charge in [0.1, 0.15) is 10.8 Å². The van der Waals surface area contributed by atoms with Gasteiger partial charge in [-0.25, -0.2) is 9.97 Å². The van der Waals surface area contributed by atoms with Crippen LogP contribution in [0.4, 0.5) is 0 Å². The van der Waals surface area contributed by atoms with Gasteiger partial charge < -0.3 is 9.47 Å². The van der Waals surface area contributed by atoms with Gasteiger partial charge in [0.25, 0.3) is 0 Å². The molecular weight excluding hydrogens is 307 g/mol. The van der Waals surface area contributed by atoms with Crippen molar-refractivity contribution >= 4 is 35.1 Å². The molecule has 0 saturated carbocycles. The molecule has 0 radical (unpaired) electrons. The van der Waals surface area contributed by atoms with E-state index in [1.807, 2.05) is 0 Å². The Bertz CT molecular complexity index is 508. The number of hydrogen-bond acceptors (Lipinski definition) is 6. The average Bonchev–Trinajstić information content (AvgIpc) is 2.24. The van der Waals surface area contributed by atoms with Crippen LogP contribution in [0.3, 0.4) is 0 Å². The van der Waals surface area contributed by atoms with Crippen molar-refractivity contribution in [1.82, 2.24) is 9.97 Å². The SMILES string of the molecule is COC(=O)C(C(=O)OC(C)(C)C)c1cc(Cl)nc(Cl)n1. The Morgan fingerprint density at radius 1 is 1.20 bits per heavy atom. The van der Waals surface area contributed by atoms with Gasteiger partial charge in [-0.2, -0.15) is 0 Å². The quantitative estimate of drug-likeness (QED) is 0.368. The van der Waals surface area contributed by atoms with E-state index in [0.29, 0.717) is 0 Å². The normalized spacial score (nSPS) is 12.7. The van der Waals surface area contributed by atoms with E-state index in [4.69, 9.17) is 27.9 Å². The van der Waals surface area contributed by atoms with Crippen LogP contribution in [-0.2, 0) is 19.1 Å². The van der Waals surface area contributed by atoms with Crippen LogP contribution < -0.4 is 0 Å². The molecule has 1 heterocycles. The predicted molar refractivity (Wildman–Crippen MR) is 72.7 cm³/mol. The summed E-state index contributed by atoms with van der Waals surface area (Å²) in [5.41, 5.74) is -0.736. The summed E-state index contributed by atoms with van der Waals surface area (Å²) in [5.74, 6) is -2.97. The van der Waals surface area contributed by atoms with Gasteiger partial charge in [-0.15, -0.1) is 0 Å². The first kappa shape index (κ1) is 16.7. The Balaban J connectivity index is 3.19. The fourth-order valence-electron chi connectivity index (χ4n) is 1.37. The number of hydrogen-bond donors (Lipinski definition) is 0. The molecule has 0 N–H and O–H groups in total. The summed E-state index contributed by atoms with van der Waals surface area (Å²) < 4.78 is 9.77. The highest BCUT2D eigenvalue weighted by Gasteiger charge is 2.35. The second-order valence-corrected chi connectivity index (χ2v) is 5.60. The van der Waals surface area contributed by atoms with Crippen LogP contribution in [0.25, 0.3) is 0 Å². The van der Waals surface area contributed by atoms with E-state index in [-0.39, 0.29) is 16.1 Å². The molecule has 0 amide bonds. The fraction of sp³-hybridized carbons (Fsp3) is 0.500. The van der Waals surface area contributed by atoms with Crippen molar-refractivity contribution in [1.29, 1.82) is 0 Å². The maximum Gasteiger partial charge on any atom is 0.327 e. The molecule has 6 nitrogen and oxygen atoms in total. The zero-order valence-electron chi connectivity index (χ0n) is 11.4. The van der Waals surface area contributed by atoms with Gasteiger partial charge in [0, 0.05) is 0 Å². The number of rotatable bonds is 3. The van der Waals surface area contributed by atoms with E-state index in [0.717, 1.165) is 7.11 Å². The zero-order chi connectivity index (χ0) is 15.5. The van der Waals surface area contributed by atoms with Gasteiger partial charge in [0.15, 0.2) is 5.92 Å². The second-order valence-electron chi connectivity index (χ2n) is 4.87. The molecule has 1 rings (SSSR count). The summed E-state index contributed by atoms with van der Waals surface area (Å²) in [7, 11) is 1.16. The van der Waals surface area contributed by atoms with Gasteiger partial charge in [0.2, 0.25) is 5.28 Å². The van der Waals surface area contributed by atoms with Gasteiger partial charge >= 0.3 is 11.9 Å². The average molecular weight is 321 g/mol. The van der Waals surface area contributed by atoms with Crippen LogP contribution in [0.5, 0.6) is 0 Å². The Morgan fingerprint density at radius 3 is 2.25 bits per heavy atom. The largest absolute Gasteiger partial charge is 0.468 e. The number of halogens is 2. The van der Waals surface area contributed by atoms with Gasteiger partial charge in [-0.05, 0) is 38.4 Å². The van der Waals surface area contributed by atoms with Crippen LogP contribution >= 0.6 is 23.2 Å². The molecule has 0 aliphatic rings. The monoisotopic (exact) mass is 320 g/mol. The number of nitrogens with zero attached hydrogens (tertiary/aromatic N) is 2. The Kier molecular flexibility index (Phi) is 5.30. The van der Waals surface area contributed by atoms with Crippen molar-refractivity contribution in [2.75, 3.05) is 7.11 Å². The van der Waals surface area contributed by atoms with Crippen LogP contribution in [0, 0.1) is 0 Å². The Labute approximate surface area is 126 Å². The maximum absolute atomic E-state index is 12.1. The smallest absolute Gasteiger partial charge is 0.327 e. The highest BCUT2D eigenvalue weighted by molar-refractivity contribution is 6.31. The van der Waals surface area contributed by atoms with E-state index in [9.17, 15) is 9.59 Å². The fourth-order valence-corrected chi connectivity index (χ4v) is 1.79. The third-order valence-electron chi connectivity index (χ3n) is 2.06. The van der Waals surface area contributed by atoms with Gasteiger partial charge in [0.05, 0.1) is 12.8 Å². The third kappa shape index (κ3) is 4.61. The summed E-state index contributed by atoms with van der Waals surface area (Å²) in [6, 6.07) is 1.26. The molecule has 20 heavy (non-hydrogen) atoms. The number of carbonyl (C=O) groups is 2. The molecular formula is C12H14Cl2N2O4. The molecule has 1 aromatic heterocycles. The predicted octanol–water partition coefficient (Wildman–Crippen LogP) is 2.38. The lowest BCUT2D eigenvalue weighted by molar-refractivity contribution is -0.163. The number of carbonyl (C=O) groups excluding carboxylic acids is 2. The van der Waals surface area contributed by atoms with Gasteiger partial charge in [-0.1, -0.05) is 11.6 Å². The molecule has 0 aliphatic carbocycles. The first-order chi connectivity index (χ1) is 9.14. The van der Waals surface area contributed by atoms with E-state index >= 15 is 0 Å². The second kappa shape index (κ2) is 6.37. The van der Waals surface area contributed by atoms with Crippen molar-refractivity contribution in [3.05, 3.63) is 22.2 Å².